The maximum atomic E-state index is 11.8. The molecule has 1 fully saturated rings. The molecule has 2 N–H and O–H groups in total. The summed E-state index contributed by atoms with van der Waals surface area (Å²) in [6.45, 7) is 2.08. The smallest absolute Gasteiger partial charge is 0.408 e. The third-order valence-corrected chi connectivity index (χ3v) is 5.06. The molecule has 26 heavy (non-hydrogen) atoms. The van der Waals surface area contributed by atoms with Crippen molar-refractivity contribution in [2.75, 3.05) is 6.54 Å². The molecular weight excluding hydrogens is 334 g/mol. The van der Waals surface area contributed by atoms with Crippen LogP contribution in [0, 0.1) is 17.2 Å². The van der Waals surface area contributed by atoms with E-state index in [0.29, 0.717) is 18.0 Å². The molecule has 4 rings (SSSR count). The summed E-state index contributed by atoms with van der Waals surface area (Å²) in [6.07, 6.45) is 5.23. The van der Waals surface area contributed by atoms with E-state index < -0.39 is 6.09 Å². The van der Waals surface area contributed by atoms with Crippen LogP contribution in [0.15, 0.2) is 18.5 Å². The molecule has 9 nitrogen and oxygen atoms in total. The second kappa shape index (κ2) is 6.63. The highest BCUT2D eigenvalue weighted by atomic mass is 16.6. The normalized spacial score (nSPS) is 22.5. The first kappa shape index (κ1) is 16.3. The van der Waals surface area contributed by atoms with Crippen LogP contribution in [0.1, 0.15) is 37.9 Å². The van der Waals surface area contributed by atoms with E-state index in [9.17, 15) is 4.79 Å². The number of alkyl carbamates (subject to hydrolysis) is 1. The number of rotatable bonds is 4. The van der Waals surface area contributed by atoms with E-state index in [1.807, 2.05) is 22.7 Å². The second-order valence-electron chi connectivity index (χ2n) is 6.51. The average molecular weight is 353 g/mol. The van der Waals surface area contributed by atoms with Crippen molar-refractivity contribution in [1.82, 2.24) is 29.9 Å². The number of H-pyrrole nitrogens is 1. The zero-order chi connectivity index (χ0) is 18.1. The van der Waals surface area contributed by atoms with Gasteiger partial charge in [-0.3, -0.25) is 4.40 Å². The summed E-state index contributed by atoms with van der Waals surface area (Å²) in [7, 11) is 0. The van der Waals surface area contributed by atoms with Crippen molar-refractivity contribution in [1.29, 1.82) is 5.26 Å². The van der Waals surface area contributed by atoms with Crippen molar-refractivity contribution in [3.8, 4) is 6.07 Å². The van der Waals surface area contributed by atoms with Gasteiger partial charge in [-0.25, -0.2) is 9.78 Å². The Morgan fingerprint density at radius 3 is 3.19 bits per heavy atom. The molecule has 3 aromatic heterocycles. The zero-order valence-electron chi connectivity index (χ0n) is 14.3. The van der Waals surface area contributed by atoms with Crippen LogP contribution in [-0.2, 0) is 4.74 Å². The number of carbonyl (C=O) groups excluding carboxylic acids is 1. The van der Waals surface area contributed by atoms with Crippen LogP contribution in [0.5, 0.6) is 0 Å². The third-order valence-electron chi connectivity index (χ3n) is 5.06. The van der Waals surface area contributed by atoms with Gasteiger partial charge in [0.1, 0.15) is 18.5 Å². The molecule has 0 bridgehead atoms. The zero-order valence-corrected chi connectivity index (χ0v) is 14.3. The van der Waals surface area contributed by atoms with Crippen LogP contribution in [0.4, 0.5) is 4.79 Å². The highest BCUT2D eigenvalue weighted by Gasteiger charge is 2.39. The van der Waals surface area contributed by atoms with Gasteiger partial charge in [-0.15, -0.1) is 10.2 Å². The molecule has 0 aliphatic heterocycles. The average Bonchev–Trinajstić information content (AvgIpc) is 3.35. The number of carbonyl (C=O) groups is 1. The first-order valence-electron chi connectivity index (χ1n) is 8.69. The number of nitrogens with one attached hydrogen (secondary N) is 2. The Balaban J connectivity index is 1.62. The summed E-state index contributed by atoms with van der Waals surface area (Å²) in [6, 6.07) is 3.83. The summed E-state index contributed by atoms with van der Waals surface area (Å²) in [5.41, 5.74) is 2.43. The Morgan fingerprint density at radius 1 is 1.50 bits per heavy atom. The fourth-order valence-electron chi connectivity index (χ4n) is 3.88. The lowest BCUT2D eigenvalue weighted by Gasteiger charge is -2.15. The van der Waals surface area contributed by atoms with E-state index in [1.165, 1.54) is 0 Å². The molecular formula is C17H19N7O2. The number of nitrogens with zero attached hydrogens (tertiary/aromatic N) is 5. The van der Waals surface area contributed by atoms with Gasteiger partial charge in [0.15, 0.2) is 11.3 Å². The predicted molar refractivity (Wildman–Crippen MR) is 92.3 cm³/mol. The monoisotopic (exact) mass is 353 g/mol. The van der Waals surface area contributed by atoms with Crippen molar-refractivity contribution in [3.63, 3.8) is 0 Å². The number of amides is 1. The number of ether oxygens (including phenoxy) is 1. The molecule has 1 aliphatic carbocycles. The lowest BCUT2D eigenvalue weighted by molar-refractivity contribution is 0.0991. The molecule has 3 heterocycles. The highest BCUT2D eigenvalue weighted by Crippen LogP contribution is 2.42. The van der Waals surface area contributed by atoms with Crippen LogP contribution in [-0.4, -0.2) is 43.3 Å². The van der Waals surface area contributed by atoms with Crippen molar-refractivity contribution in [2.45, 2.75) is 38.2 Å². The molecule has 0 spiro atoms. The Kier molecular flexibility index (Phi) is 4.16. The molecule has 1 amide bonds. The van der Waals surface area contributed by atoms with Gasteiger partial charge in [0.25, 0.3) is 0 Å². The van der Waals surface area contributed by atoms with E-state index in [2.05, 4.69) is 32.4 Å². The predicted octanol–water partition coefficient (Wildman–Crippen LogP) is 2.13. The Bertz CT molecular complexity index is 986. The molecule has 1 saturated carbocycles. The summed E-state index contributed by atoms with van der Waals surface area (Å²) in [4.78, 5) is 19.2. The molecule has 0 aromatic carbocycles. The van der Waals surface area contributed by atoms with Gasteiger partial charge in [0, 0.05) is 12.1 Å². The second-order valence-corrected chi connectivity index (χ2v) is 6.51. The maximum absolute atomic E-state index is 11.8. The fraction of sp³-hybridized carbons (Fsp3) is 0.471. The van der Waals surface area contributed by atoms with Gasteiger partial charge in [-0.2, -0.15) is 5.26 Å². The van der Waals surface area contributed by atoms with Gasteiger partial charge in [-0.1, -0.05) is 13.3 Å². The lowest BCUT2D eigenvalue weighted by Crippen LogP contribution is -2.28. The van der Waals surface area contributed by atoms with Crippen LogP contribution in [0.3, 0.4) is 0 Å². The topological polar surface area (TPSA) is 121 Å². The largest absolute Gasteiger partial charge is 0.446 e. The van der Waals surface area contributed by atoms with E-state index in [-0.39, 0.29) is 18.6 Å². The molecule has 0 radical (unpaired) electrons. The molecule has 3 aromatic rings. The molecule has 0 saturated heterocycles. The summed E-state index contributed by atoms with van der Waals surface area (Å²) in [5.74, 6) is 1.37. The van der Waals surface area contributed by atoms with Gasteiger partial charge < -0.3 is 15.0 Å². The minimum Gasteiger partial charge on any atom is -0.446 e. The molecule has 0 unspecified atom stereocenters. The fourth-order valence-corrected chi connectivity index (χ4v) is 3.88. The van der Waals surface area contributed by atoms with Crippen LogP contribution < -0.4 is 5.32 Å². The Hall–Kier alpha value is -3.15. The van der Waals surface area contributed by atoms with Crippen molar-refractivity contribution in [2.24, 2.45) is 5.92 Å². The van der Waals surface area contributed by atoms with E-state index in [4.69, 9.17) is 10.00 Å². The molecule has 134 valence electrons. The minimum atomic E-state index is -0.546. The van der Waals surface area contributed by atoms with Gasteiger partial charge >= 0.3 is 6.09 Å². The van der Waals surface area contributed by atoms with Gasteiger partial charge in [0.2, 0.25) is 0 Å². The van der Waals surface area contributed by atoms with Crippen LogP contribution >= 0.6 is 0 Å². The molecule has 3 atom stereocenters. The summed E-state index contributed by atoms with van der Waals surface area (Å²) < 4.78 is 7.51. The SMILES string of the molecule is CC[C@@H]1C[C@H](OC(=O)NCC#N)C[C@@H]1c1nnc2cnc3[nH]ccc3n12. The van der Waals surface area contributed by atoms with Gasteiger partial charge in [0.05, 0.1) is 17.8 Å². The first-order valence-corrected chi connectivity index (χ1v) is 8.69. The molecule has 9 heteroatoms. The van der Waals surface area contributed by atoms with Crippen LogP contribution in [0.2, 0.25) is 0 Å². The Labute approximate surface area is 149 Å². The minimum absolute atomic E-state index is 0.0561. The van der Waals surface area contributed by atoms with Crippen molar-refractivity contribution < 1.29 is 9.53 Å². The van der Waals surface area contributed by atoms with Crippen molar-refractivity contribution in [3.05, 3.63) is 24.3 Å². The third kappa shape index (κ3) is 2.73. The highest BCUT2D eigenvalue weighted by molar-refractivity contribution is 5.74. The van der Waals surface area contributed by atoms with E-state index in [0.717, 1.165) is 29.8 Å². The number of hydrogen-bond donors (Lipinski definition) is 2. The van der Waals surface area contributed by atoms with Gasteiger partial charge in [-0.05, 0) is 24.8 Å². The maximum Gasteiger partial charge on any atom is 0.408 e. The van der Waals surface area contributed by atoms with Crippen molar-refractivity contribution >= 4 is 22.9 Å². The van der Waals surface area contributed by atoms with E-state index in [1.54, 1.807) is 6.20 Å². The number of aromatic nitrogens is 5. The van der Waals surface area contributed by atoms with E-state index >= 15 is 0 Å². The standard InChI is InChI=1S/C17H19N7O2/c1-2-10-7-11(26-17(25)20-6-4-18)8-12(10)16-23-22-14-9-21-15-13(24(14)16)3-5-19-15/h3,5,9-12,19H,2,6-8H2,1H3,(H,20,25)/t10-,11+,12+/m1/s1. The number of aromatic amines is 1. The molecule has 1 aliphatic rings. The number of nitriles is 1. The quantitative estimate of drug-likeness (QED) is 0.693. The summed E-state index contributed by atoms with van der Waals surface area (Å²) >= 11 is 0. The Morgan fingerprint density at radius 2 is 2.38 bits per heavy atom. The number of hydrogen-bond acceptors (Lipinski definition) is 6. The number of fused-ring (bicyclic) bond motifs is 3. The summed E-state index contributed by atoms with van der Waals surface area (Å²) in [5, 5.41) is 19.7. The lowest BCUT2D eigenvalue weighted by atomic mass is 9.93. The van der Waals surface area contributed by atoms with Crippen LogP contribution in [0.25, 0.3) is 16.8 Å². The first-order chi connectivity index (χ1) is 12.7.